The molecule has 1 aliphatic carbocycles. The minimum absolute atomic E-state index is 0.119. The summed E-state index contributed by atoms with van der Waals surface area (Å²) in [4.78, 5) is 4.66. The van der Waals surface area contributed by atoms with Gasteiger partial charge in [0.15, 0.2) is 0 Å². The monoisotopic (exact) mass is 234 g/mol. The normalized spacial score (nSPS) is 25.1. The van der Waals surface area contributed by atoms with Crippen LogP contribution in [0.25, 0.3) is 0 Å². The Morgan fingerprint density at radius 1 is 1.28 bits per heavy atom. The van der Waals surface area contributed by atoms with Crippen LogP contribution in [-0.4, -0.2) is 5.71 Å². The fourth-order valence-electron chi connectivity index (χ4n) is 2.85. The van der Waals surface area contributed by atoms with Gasteiger partial charge in [0.1, 0.15) is 0 Å². The second-order valence-corrected chi connectivity index (χ2v) is 5.04. The molecule has 0 amide bonds. The van der Waals surface area contributed by atoms with Gasteiger partial charge in [0.2, 0.25) is 0 Å². The Balaban J connectivity index is 2.19. The first-order chi connectivity index (χ1) is 8.66. The Hall–Kier alpha value is -2.14. The van der Waals surface area contributed by atoms with Crippen molar-refractivity contribution in [3.05, 3.63) is 53.6 Å². The maximum Gasteiger partial charge on any atom is 0.0991 e. The zero-order valence-electron chi connectivity index (χ0n) is 10.5. The van der Waals surface area contributed by atoms with Crippen LogP contribution in [0.5, 0.6) is 0 Å². The lowest BCUT2D eigenvalue weighted by Gasteiger charge is -2.31. The van der Waals surface area contributed by atoms with Crippen molar-refractivity contribution in [2.45, 2.75) is 19.3 Å². The van der Waals surface area contributed by atoms with Gasteiger partial charge >= 0.3 is 0 Å². The van der Waals surface area contributed by atoms with Crippen LogP contribution in [0.4, 0.5) is 5.69 Å². The summed E-state index contributed by atoms with van der Waals surface area (Å²) in [5.74, 6) is 0.330. The number of nitriles is 1. The Morgan fingerprint density at radius 2 is 2.00 bits per heavy atom. The first-order valence-electron chi connectivity index (χ1n) is 6.11. The second kappa shape index (κ2) is 3.68. The van der Waals surface area contributed by atoms with Gasteiger partial charge in [-0.2, -0.15) is 5.26 Å². The van der Waals surface area contributed by atoms with E-state index < -0.39 is 0 Å². The van der Waals surface area contributed by atoms with Gasteiger partial charge in [0, 0.05) is 17.0 Å². The van der Waals surface area contributed by atoms with Crippen LogP contribution in [0.2, 0.25) is 0 Å². The van der Waals surface area contributed by atoms with Crippen LogP contribution in [0.3, 0.4) is 0 Å². The standard InChI is InChI=1S/C16H14N2/c1-11-16(2,13-5-3-4-6-13)14-9-12(10-17)7-8-15(14)18-11/h3-9,13H,1-2H3. The molecule has 88 valence electrons. The summed E-state index contributed by atoms with van der Waals surface area (Å²) in [6, 6.07) is 7.98. The lowest BCUT2D eigenvalue weighted by molar-refractivity contribution is 0.553. The van der Waals surface area contributed by atoms with E-state index in [1.807, 2.05) is 18.2 Å². The van der Waals surface area contributed by atoms with Crippen LogP contribution in [0.15, 0.2) is 47.5 Å². The molecule has 1 heterocycles. The molecule has 0 saturated heterocycles. The van der Waals surface area contributed by atoms with E-state index in [1.165, 1.54) is 5.56 Å². The molecule has 1 aromatic rings. The zero-order chi connectivity index (χ0) is 12.8. The Bertz CT molecular complexity index is 632. The zero-order valence-corrected chi connectivity index (χ0v) is 10.5. The van der Waals surface area contributed by atoms with Gasteiger partial charge in [-0.15, -0.1) is 0 Å². The van der Waals surface area contributed by atoms with Crippen molar-refractivity contribution in [3.8, 4) is 6.07 Å². The number of rotatable bonds is 1. The summed E-state index contributed by atoms with van der Waals surface area (Å²) < 4.78 is 0. The number of hydrogen-bond donors (Lipinski definition) is 0. The van der Waals surface area contributed by atoms with Crippen LogP contribution >= 0.6 is 0 Å². The highest BCUT2D eigenvalue weighted by atomic mass is 14.8. The molecule has 2 aliphatic rings. The molecule has 2 heteroatoms. The molecule has 3 rings (SSSR count). The molecule has 2 nitrogen and oxygen atoms in total. The summed E-state index contributed by atoms with van der Waals surface area (Å²) >= 11 is 0. The number of fused-ring (bicyclic) bond motifs is 1. The summed E-state index contributed by atoms with van der Waals surface area (Å²) in [5.41, 5.74) is 3.87. The third kappa shape index (κ3) is 1.31. The molecule has 0 radical (unpaired) electrons. The number of allylic oxidation sites excluding steroid dienone is 4. The highest BCUT2D eigenvalue weighted by molar-refractivity contribution is 6.00. The summed E-state index contributed by atoms with van der Waals surface area (Å²) in [6.07, 6.45) is 8.56. The van der Waals surface area contributed by atoms with E-state index in [4.69, 9.17) is 5.26 Å². The summed E-state index contributed by atoms with van der Waals surface area (Å²) in [7, 11) is 0. The lowest BCUT2D eigenvalue weighted by Crippen LogP contribution is -2.34. The molecule has 0 spiro atoms. The van der Waals surface area contributed by atoms with Gasteiger partial charge in [-0.1, -0.05) is 24.3 Å². The van der Waals surface area contributed by atoms with Gasteiger partial charge in [0.05, 0.1) is 17.3 Å². The molecule has 0 bridgehead atoms. The Morgan fingerprint density at radius 3 is 2.67 bits per heavy atom. The molecule has 1 atom stereocenters. The molecule has 1 unspecified atom stereocenters. The van der Waals surface area contributed by atoms with Gasteiger partial charge in [-0.25, -0.2) is 0 Å². The van der Waals surface area contributed by atoms with Crippen molar-refractivity contribution < 1.29 is 0 Å². The summed E-state index contributed by atoms with van der Waals surface area (Å²) in [5, 5.41) is 9.05. The van der Waals surface area contributed by atoms with Gasteiger partial charge in [0.25, 0.3) is 0 Å². The molecule has 0 aromatic heterocycles. The average Bonchev–Trinajstić information content (AvgIpc) is 2.99. The van der Waals surface area contributed by atoms with E-state index in [0.29, 0.717) is 11.5 Å². The van der Waals surface area contributed by atoms with E-state index in [0.717, 1.165) is 11.4 Å². The van der Waals surface area contributed by atoms with E-state index in [9.17, 15) is 0 Å². The maximum atomic E-state index is 9.05. The topological polar surface area (TPSA) is 36.1 Å². The van der Waals surface area contributed by atoms with Gasteiger partial charge < -0.3 is 0 Å². The molecule has 1 aromatic carbocycles. The van der Waals surface area contributed by atoms with Crippen molar-refractivity contribution >= 4 is 11.4 Å². The highest BCUT2D eigenvalue weighted by Gasteiger charge is 2.42. The third-order valence-corrected chi connectivity index (χ3v) is 4.14. The van der Waals surface area contributed by atoms with E-state index in [2.05, 4.69) is 49.2 Å². The predicted octanol–water partition coefficient (Wildman–Crippen LogP) is 3.66. The van der Waals surface area contributed by atoms with Crippen molar-refractivity contribution in [1.29, 1.82) is 5.26 Å². The molecule has 0 fully saturated rings. The van der Waals surface area contributed by atoms with E-state index in [-0.39, 0.29) is 5.41 Å². The van der Waals surface area contributed by atoms with E-state index in [1.54, 1.807) is 0 Å². The quantitative estimate of drug-likeness (QED) is 0.730. The van der Waals surface area contributed by atoms with Crippen molar-refractivity contribution in [1.82, 2.24) is 0 Å². The molecular weight excluding hydrogens is 220 g/mol. The third-order valence-electron chi connectivity index (χ3n) is 4.14. The minimum Gasteiger partial charge on any atom is -0.257 e. The number of aliphatic imine (C=N–C) groups is 1. The first-order valence-corrected chi connectivity index (χ1v) is 6.11. The maximum absolute atomic E-state index is 9.05. The van der Waals surface area contributed by atoms with E-state index >= 15 is 0 Å². The van der Waals surface area contributed by atoms with Crippen LogP contribution in [0, 0.1) is 17.2 Å². The highest BCUT2D eigenvalue weighted by Crippen LogP contribution is 2.46. The fourth-order valence-corrected chi connectivity index (χ4v) is 2.85. The van der Waals surface area contributed by atoms with Crippen molar-refractivity contribution in [2.24, 2.45) is 10.9 Å². The molecular formula is C16H14N2. The largest absolute Gasteiger partial charge is 0.257 e. The van der Waals surface area contributed by atoms with Crippen LogP contribution in [0.1, 0.15) is 25.0 Å². The second-order valence-electron chi connectivity index (χ2n) is 5.04. The van der Waals surface area contributed by atoms with Gasteiger partial charge in [-0.3, -0.25) is 4.99 Å². The van der Waals surface area contributed by atoms with Crippen molar-refractivity contribution in [2.75, 3.05) is 0 Å². The van der Waals surface area contributed by atoms with Gasteiger partial charge in [-0.05, 0) is 37.6 Å². The van der Waals surface area contributed by atoms with Crippen LogP contribution in [-0.2, 0) is 5.41 Å². The summed E-state index contributed by atoms with van der Waals surface area (Å²) in [6.45, 7) is 4.29. The lowest BCUT2D eigenvalue weighted by atomic mass is 9.70. The average molecular weight is 234 g/mol. The molecule has 0 N–H and O–H groups in total. The fraction of sp³-hybridized carbons (Fsp3) is 0.250. The minimum atomic E-state index is -0.119. The Labute approximate surface area is 107 Å². The number of nitrogens with zero attached hydrogens (tertiary/aromatic N) is 2. The molecule has 0 saturated carbocycles. The first kappa shape index (κ1) is 11.0. The molecule has 1 aliphatic heterocycles. The smallest absolute Gasteiger partial charge is 0.0991 e. The van der Waals surface area contributed by atoms with Crippen molar-refractivity contribution in [3.63, 3.8) is 0 Å². The predicted molar refractivity (Wildman–Crippen MR) is 73.0 cm³/mol. The number of hydrogen-bond acceptors (Lipinski definition) is 2. The SMILES string of the molecule is CC1=Nc2ccc(C#N)cc2C1(C)C1C=CC=C1. The van der Waals surface area contributed by atoms with Crippen LogP contribution < -0.4 is 0 Å². The number of benzene rings is 1. The Kier molecular flexibility index (Phi) is 2.24. The molecule has 18 heavy (non-hydrogen) atoms.